The minimum absolute atomic E-state index is 0.141. The van der Waals surface area contributed by atoms with Crippen LogP contribution < -0.4 is 0 Å². The van der Waals surface area contributed by atoms with Crippen LogP contribution in [0.2, 0.25) is 0 Å². The van der Waals surface area contributed by atoms with Crippen LogP contribution in [0.1, 0.15) is 17.0 Å². The summed E-state index contributed by atoms with van der Waals surface area (Å²) in [6, 6.07) is 11.8. The highest BCUT2D eigenvalue weighted by molar-refractivity contribution is 9.11. The third-order valence-corrected chi connectivity index (χ3v) is 4.51. The summed E-state index contributed by atoms with van der Waals surface area (Å²) in [7, 11) is 0. The number of halogens is 1. The number of rotatable bonds is 5. The molecule has 112 valence electrons. The first-order valence-corrected chi connectivity index (χ1v) is 8.12. The Bertz CT molecular complexity index is 797. The van der Waals surface area contributed by atoms with E-state index in [0.29, 0.717) is 11.8 Å². The smallest absolute Gasteiger partial charge is 0.257 e. The first-order valence-electron chi connectivity index (χ1n) is 6.51. The molecular weight excluding hydrogens is 366 g/mol. The van der Waals surface area contributed by atoms with Crippen LogP contribution in [0.5, 0.6) is 0 Å². The van der Waals surface area contributed by atoms with Gasteiger partial charge in [-0.25, -0.2) is 0 Å². The third kappa shape index (κ3) is 3.61. The predicted octanol–water partition coefficient (Wildman–Crippen LogP) is 4.42. The quantitative estimate of drug-likeness (QED) is 0.487. The Hall–Kier alpha value is -1.99. The first-order chi connectivity index (χ1) is 10.7. The standard InChI is InChI=1S/C15H12BrN3O2S/c1-10-4-2-3-5-11(10)8-17-20-9-14-18-19-15(21-14)12-6-7-13(16)22-12/h2-8H,9H2,1H3/b17-8-. The van der Waals surface area contributed by atoms with Gasteiger partial charge in [-0.2, -0.15) is 0 Å². The zero-order valence-corrected chi connectivity index (χ0v) is 14.1. The van der Waals surface area contributed by atoms with Gasteiger partial charge < -0.3 is 9.25 Å². The molecule has 0 saturated heterocycles. The summed E-state index contributed by atoms with van der Waals surface area (Å²) in [5.41, 5.74) is 2.15. The minimum atomic E-state index is 0.141. The van der Waals surface area contributed by atoms with E-state index in [9.17, 15) is 0 Å². The van der Waals surface area contributed by atoms with E-state index < -0.39 is 0 Å². The van der Waals surface area contributed by atoms with Gasteiger partial charge in [0.2, 0.25) is 0 Å². The Morgan fingerprint density at radius 3 is 2.91 bits per heavy atom. The van der Waals surface area contributed by atoms with Crippen molar-refractivity contribution in [2.24, 2.45) is 5.16 Å². The first kappa shape index (κ1) is 14.9. The summed E-state index contributed by atoms with van der Waals surface area (Å²) in [6.45, 7) is 2.16. The highest BCUT2D eigenvalue weighted by Crippen LogP contribution is 2.30. The van der Waals surface area contributed by atoms with Crippen molar-refractivity contribution in [3.8, 4) is 10.8 Å². The molecule has 1 aromatic carbocycles. The van der Waals surface area contributed by atoms with E-state index in [4.69, 9.17) is 9.25 Å². The molecule has 0 N–H and O–H groups in total. The van der Waals surface area contributed by atoms with E-state index in [1.807, 2.05) is 43.3 Å². The SMILES string of the molecule is Cc1ccccc1/C=N\OCc1nnc(-c2ccc(Br)s2)o1. The molecule has 3 aromatic rings. The molecule has 2 aromatic heterocycles. The summed E-state index contributed by atoms with van der Waals surface area (Å²) in [4.78, 5) is 6.11. The van der Waals surface area contributed by atoms with Gasteiger partial charge in [0.25, 0.3) is 11.8 Å². The summed E-state index contributed by atoms with van der Waals surface area (Å²) in [5, 5.41) is 11.9. The van der Waals surface area contributed by atoms with Crippen LogP contribution in [-0.4, -0.2) is 16.4 Å². The number of benzene rings is 1. The lowest BCUT2D eigenvalue weighted by Crippen LogP contribution is -1.90. The van der Waals surface area contributed by atoms with Gasteiger partial charge >= 0.3 is 0 Å². The Balaban J connectivity index is 1.58. The molecule has 0 spiro atoms. The third-order valence-electron chi connectivity index (χ3n) is 2.89. The second-order valence-electron chi connectivity index (χ2n) is 4.47. The van der Waals surface area contributed by atoms with Crippen molar-refractivity contribution in [3.63, 3.8) is 0 Å². The minimum Gasteiger partial charge on any atom is -0.416 e. The second kappa shape index (κ2) is 6.85. The van der Waals surface area contributed by atoms with E-state index in [0.717, 1.165) is 19.8 Å². The highest BCUT2D eigenvalue weighted by atomic mass is 79.9. The average molecular weight is 378 g/mol. The lowest BCUT2D eigenvalue weighted by molar-refractivity contribution is 0.112. The van der Waals surface area contributed by atoms with Crippen molar-refractivity contribution >= 4 is 33.5 Å². The number of hydrogen-bond donors (Lipinski definition) is 0. The molecule has 0 aliphatic carbocycles. The number of aryl methyl sites for hydroxylation is 1. The zero-order chi connectivity index (χ0) is 15.4. The van der Waals surface area contributed by atoms with Crippen molar-refractivity contribution in [2.75, 3.05) is 0 Å². The van der Waals surface area contributed by atoms with Crippen molar-refractivity contribution in [2.45, 2.75) is 13.5 Å². The number of aromatic nitrogens is 2. The normalized spacial score (nSPS) is 11.2. The van der Waals surface area contributed by atoms with Crippen LogP contribution in [-0.2, 0) is 11.4 Å². The van der Waals surface area contributed by atoms with Crippen LogP contribution in [0.4, 0.5) is 0 Å². The molecule has 7 heteroatoms. The molecule has 22 heavy (non-hydrogen) atoms. The van der Waals surface area contributed by atoms with Gasteiger partial charge in [0, 0.05) is 0 Å². The van der Waals surface area contributed by atoms with E-state index in [1.54, 1.807) is 6.21 Å². The average Bonchev–Trinajstić information content (AvgIpc) is 3.14. The molecule has 0 atom stereocenters. The molecule has 0 aliphatic rings. The molecule has 0 radical (unpaired) electrons. The molecule has 2 heterocycles. The van der Waals surface area contributed by atoms with Gasteiger partial charge in [0.1, 0.15) is 0 Å². The lowest BCUT2D eigenvalue weighted by atomic mass is 10.1. The topological polar surface area (TPSA) is 60.5 Å². The van der Waals surface area contributed by atoms with Gasteiger partial charge in [0.05, 0.1) is 14.9 Å². The van der Waals surface area contributed by atoms with Gasteiger partial charge in [0.15, 0.2) is 6.61 Å². The molecule has 0 bridgehead atoms. The Labute approximate surface area is 139 Å². The molecule has 5 nitrogen and oxygen atoms in total. The van der Waals surface area contributed by atoms with Crippen LogP contribution in [0.25, 0.3) is 10.8 Å². The van der Waals surface area contributed by atoms with Crippen molar-refractivity contribution in [3.05, 3.63) is 57.2 Å². The van der Waals surface area contributed by atoms with E-state index in [1.165, 1.54) is 11.3 Å². The fraction of sp³-hybridized carbons (Fsp3) is 0.133. The maximum Gasteiger partial charge on any atom is 0.257 e. The van der Waals surface area contributed by atoms with E-state index in [-0.39, 0.29) is 6.61 Å². The summed E-state index contributed by atoms with van der Waals surface area (Å²) >= 11 is 4.93. The maximum absolute atomic E-state index is 5.53. The summed E-state index contributed by atoms with van der Waals surface area (Å²) in [5.74, 6) is 0.874. The molecular formula is C15H12BrN3O2S. The molecule has 0 amide bonds. The predicted molar refractivity (Wildman–Crippen MR) is 88.9 cm³/mol. The van der Waals surface area contributed by atoms with Crippen LogP contribution in [0.15, 0.2) is 49.8 Å². The van der Waals surface area contributed by atoms with Crippen LogP contribution in [0, 0.1) is 6.92 Å². The van der Waals surface area contributed by atoms with E-state index >= 15 is 0 Å². The van der Waals surface area contributed by atoms with Crippen molar-refractivity contribution in [1.82, 2.24) is 10.2 Å². The maximum atomic E-state index is 5.53. The fourth-order valence-electron chi connectivity index (χ4n) is 1.76. The summed E-state index contributed by atoms with van der Waals surface area (Å²) < 4.78 is 6.54. The fourth-order valence-corrected chi connectivity index (χ4v) is 3.07. The number of hydrogen-bond acceptors (Lipinski definition) is 6. The summed E-state index contributed by atoms with van der Waals surface area (Å²) in [6.07, 6.45) is 1.67. The van der Waals surface area contributed by atoms with Gasteiger partial charge in [-0.15, -0.1) is 21.5 Å². The van der Waals surface area contributed by atoms with Crippen LogP contribution in [0.3, 0.4) is 0 Å². The monoisotopic (exact) mass is 377 g/mol. The number of nitrogens with zero attached hydrogens (tertiary/aromatic N) is 3. The number of oxime groups is 1. The zero-order valence-electron chi connectivity index (χ0n) is 11.7. The molecule has 3 rings (SSSR count). The van der Waals surface area contributed by atoms with Gasteiger partial charge in [-0.3, -0.25) is 0 Å². The lowest BCUT2D eigenvalue weighted by Gasteiger charge is -1.97. The molecule has 0 aliphatic heterocycles. The van der Waals surface area contributed by atoms with Gasteiger partial charge in [-0.1, -0.05) is 29.4 Å². The Morgan fingerprint density at radius 1 is 1.27 bits per heavy atom. The largest absolute Gasteiger partial charge is 0.416 e. The Kier molecular flexibility index (Phi) is 4.65. The van der Waals surface area contributed by atoms with Crippen molar-refractivity contribution < 1.29 is 9.25 Å². The molecule has 0 unspecified atom stereocenters. The van der Waals surface area contributed by atoms with E-state index in [2.05, 4.69) is 31.3 Å². The number of thiophene rings is 1. The van der Waals surface area contributed by atoms with Crippen molar-refractivity contribution in [1.29, 1.82) is 0 Å². The van der Waals surface area contributed by atoms with Crippen LogP contribution >= 0.6 is 27.3 Å². The molecule has 0 saturated carbocycles. The highest BCUT2D eigenvalue weighted by Gasteiger charge is 2.10. The second-order valence-corrected chi connectivity index (χ2v) is 6.93. The Morgan fingerprint density at radius 2 is 2.14 bits per heavy atom. The van der Waals surface area contributed by atoms with Gasteiger partial charge in [-0.05, 0) is 46.1 Å². The molecule has 0 fully saturated rings.